The minimum atomic E-state index is -1.16. The Morgan fingerprint density at radius 2 is 1.93 bits per heavy atom. The van der Waals surface area contributed by atoms with E-state index in [1.165, 1.54) is 0 Å². The summed E-state index contributed by atoms with van der Waals surface area (Å²) in [7, 11) is 0. The summed E-state index contributed by atoms with van der Waals surface area (Å²) in [6.45, 7) is 0. The number of hydrogen-bond donors (Lipinski definition) is 1. The molecule has 5 nitrogen and oxygen atoms in total. The minimum Gasteiger partial charge on any atom is -0.476 e. The van der Waals surface area contributed by atoms with Gasteiger partial charge in [0.05, 0.1) is 0 Å². The molecule has 0 amide bonds. The van der Waals surface area contributed by atoms with E-state index in [2.05, 4.69) is 30.9 Å². The summed E-state index contributed by atoms with van der Waals surface area (Å²) >= 11 is 3.28. The predicted molar refractivity (Wildman–Crippen MR) is 54.4 cm³/mol. The molecule has 0 spiro atoms. The van der Waals surface area contributed by atoms with Crippen molar-refractivity contribution < 1.29 is 14.5 Å². The summed E-state index contributed by atoms with van der Waals surface area (Å²) in [5.41, 5.74) is 0.698. The lowest BCUT2D eigenvalue weighted by Gasteiger charge is -1.96. The molecule has 0 saturated heterocycles. The lowest BCUT2D eigenvalue weighted by atomic mass is 10.1. The van der Waals surface area contributed by atoms with Crippen LogP contribution in [0, 0.1) is 0 Å². The van der Waals surface area contributed by atoms with Crippen LogP contribution in [0.4, 0.5) is 0 Å². The third-order valence-electron chi connectivity index (χ3n) is 1.81. The average Bonchev–Trinajstić information content (AvgIpc) is 2.67. The smallest absolute Gasteiger partial charge is 0.360 e. The third-order valence-corrected chi connectivity index (χ3v) is 2.34. The van der Waals surface area contributed by atoms with Crippen LogP contribution in [0.1, 0.15) is 10.5 Å². The molecule has 0 aliphatic rings. The monoisotopic (exact) mass is 268 g/mol. The van der Waals surface area contributed by atoms with Crippen LogP contribution in [-0.4, -0.2) is 21.4 Å². The van der Waals surface area contributed by atoms with Crippen molar-refractivity contribution in [2.45, 2.75) is 0 Å². The van der Waals surface area contributed by atoms with Gasteiger partial charge in [-0.15, -0.1) is 0 Å². The lowest BCUT2D eigenvalue weighted by Crippen LogP contribution is -1.98. The largest absolute Gasteiger partial charge is 0.476 e. The molecule has 15 heavy (non-hydrogen) atoms. The molecular weight excluding hydrogens is 264 g/mol. The number of aromatic nitrogens is 2. The maximum atomic E-state index is 10.8. The van der Waals surface area contributed by atoms with Crippen LogP contribution in [-0.2, 0) is 0 Å². The number of nitrogens with zero attached hydrogens (tertiary/aromatic N) is 2. The fourth-order valence-electron chi connectivity index (χ4n) is 1.13. The summed E-state index contributed by atoms with van der Waals surface area (Å²) in [5, 5.41) is 15.7. The van der Waals surface area contributed by atoms with Crippen molar-refractivity contribution in [3.05, 3.63) is 34.4 Å². The van der Waals surface area contributed by atoms with Crippen molar-refractivity contribution in [3.8, 4) is 11.3 Å². The third kappa shape index (κ3) is 1.89. The van der Waals surface area contributed by atoms with E-state index in [9.17, 15) is 4.79 Å². The fraction of sp³-hybridized carbons (Fsp3) is 0. The second-order valence-electron chi connectivity index (χ2n) is 2.77. The second-order valence-corrected chi connectivity index (χ2v) is 3.69. The topological polar surface area (TPSA) is 76.2 Å². The molecule has 0 aliphatic heterocycles. The maximum absolute atomic E-state index is 10.8. The Morgan fingerprint density at radius 1 is 1.27 bits per heavy atom. The van der Waals surface area contributed by atoms with E-state index in [1.807, 2.05) is 0 Å². The molecule has 76 valence electrons. The molecule has 1 heterocycles. The molecule has 0 fully saturated rings. The van der Waals surface area contributed by atoms with Gasteiger partial charge in [0.25, 0.3) is 0 Å². The fourth-order valence-corrected chi connectivity index (χ4v) is 1.39. The van der Waals surface area contributed by atoms with E-state index in [4.69, 9.17) is 5.11 Å². The highest BCUT2D eigenvalue weighted by atomic mass is 79.9. The number of carboxylic acid groups (broad SMARTS) is 1. The summed E-state index contributed by atoms with van der Waals surface area (Å²) in [6, 6.07) is 7.04. The molecule has 6 heteroatoms. The van der Waals surface area contributed by atoms with Gasteiger partial charge in [-0.3, -0.25) is 0 Å². The number of aromatic carboxylic acids is 1. The molecule has 0 radical (unpaired) electrons. The van der Waals surface area contributed by atoms with Crippen molar-refractivity contribution in [3.63, 3.8) is 0 Å². The Balaban J connectivity index is 2.49. The zero-order valence-corrected chi connectivity index (χ0v) is 8.93. The van der Waals surface area contributed by atoms with E-state index in [0.29, 0.717) is 5.56 Å². The van der Waals surface area contributed by atoms with Crippen molar-refractivity contribution in [1.82, 2.24) is 10.3 Å². The Morgan fingerprint density at radius 3 is 2.53 bits per heavy atom. The number of carboxylic acids is 1. The molecule has 0 unspecified atom stereocenters. The van der Waals surface area contributed by atoms with Crippen molar-refractivity contribution in [2.75, 3.05) is 0 Å². The van der Waals surface area contributed by atoms with Gasteiger partial charge in [-0.25, -0.2) is 9.42 Å². The molecule has 0 saturated carbocycles. The highest BCUT2D eigenvalue weighted by Gasteiger charge is 2.18. The first-order chi connectivity index (χ1) is 7.18. The summed E-state index contributed by atoms with van der Waals surface area (Å²) in [5.74, 6) is -1.16. The Labute approximate surface area is 92.8 Å². The molecule has 0 atom stereocenters. The minimum absolute atomic E-state index is 0.183. The van der Waals surface area contributed by atoms with Crippen LogP contribution in [0.3, 0.4) is 0 Å². The zero-order valence-electron chi connectivity index (χ0n) is 7.35. The number of carbonyl (C=O) groups is 1. The van der Waals surface area contributed by atoms with Crippen molar-refractivity contribution >= 4 is 21.9 Å². The first-order valence-corrected chi connectivity index (χ1v) is 4.79. The summed E-state index contributed by atoms with van der Waals surface area (Å²) < 4.78 is 5.30. The Hall–Kier alpha value is -1.69. The molecular formula is C9H5BrN2O3. The predicted octanol–water partition coefficient (Wildman–Crippen LogP) is 2.20. The molecule has 1 N–H and O–H groups in total. The molecule has 2 aromatic rings. The van der Waals surface area contributed by atoms with Gasteiger partial charge in [0.2, 0.25) is 5.69 Å². The van der Waals surface area contributed by atoms with Gasteiger partial charge in [-0.2, -0.15) is 0 Å². The van der Waals surface area contributed by atoms with E-state index in [1.54, 1.807) is 24.3 Å². The van der Waals surface area contributed by atoms with Crippen LogP contribution in [0.2, 0.25) is 0 Å². The van der Waals surface area contributed by atoms with Crippen molar-refractivity contribution in [1.29, 1.82) is 0 Å². The van der Waals surface area contributed by atoms with Crippen LogP contribution < -0.4 is 0 Å². The van der Waals surface area contributed by atoms with Gasteiger partial charge in [-0.1, -0.05) is 28.1 Å². The highest BCUT2D eigenvalue weighted by Crippen LogP contribution is 2.22. The molecule has 0 bridgehead atoms. The lowest BCUT2D eigenvalue weighted by molar-refractivity contribution is 0.0685. The van der Waals surface area contributed by atoms with Gasteiger partial charge in [0.1, 0.15) is 5.69 Å². The van der Waals surface area contributed by atoms with E-state index >= 15 is 0 Å². The standard InChI is InChI=1S/C9H5BrN2O3/c10-6-3-1-5(2-4-6)7-8(9(13)14)12-15-11-7/h1-4H,(H,13,14). The van der Waals surface area contributed by atoms with E-state index in [0.717, 1.165) is 4.47 Å². The van der Waals surface area contributed by atoms with Gasteiger partial charge in [0, 0.05) is 10.0 Å². The number of benzene rings is 1. The molecule has 1 aromatic heterocycles. The van der Waals surface area contributed by atoms with Gasteiger partial charge in [0.15, 0.2) is 0 Å². The maximum Gasteiger partial charge on any atom is 0.360 e. The van der Waals surface area contributed by atoms with Crippen LogP contribution in [0.25, 0.3) is 11.3 Å². The normalized spacial score (nSPS) is 10.2. The first kappa shape index (κ1) is 9.85. The number of halogens is 1. The Kier molecular flexibility index (Phi) is 2.51. The SMILES string of the molecule is O=C(O)c1nonc1-c1ccc(Br)cc1. The van der Waals surface area contributed by atoms with Crippen LogP contribution >= 0.6 is 15.9 Å². The summed E-state index contributed by atoms with van der Waals surface area (Å²) in [6.07, 6.45) is 0. The van der Waals surface area contributed by atoms with Gasteiger partial charge >= 0.3 is 5.97 Å². The van der Waals surface area contributed by atoms with Gasteiger partial charge in [-0.05, 0) is 22.4 Å². The number of hydrogen-bond acceptors (Lipinski definition) is 4. The highest BCUT2D eigenvalue weighted by molar-refractivity contribution is 9.10. The Bertz CT molecular complexity index is 492. The van der Waals surface area contributed by atoms with Gasteiger partial charge < -0.3 is 5.11 Å². The first-order valence-electron chi connectivity index (χ1n) is 4.00. The quantitative estimate of drug-likeness (QED) is 0.904. The second kappa shape index (κ2) is 3.82. The number of rotatable bonds is 2. The van der Waals surface area contributed by atoms with Crippen LogP contribution in [0.5, 0.6) is 0 Å². The molecule has 0 aliphatic carbocycles. The summed E-state index contributed by atoms with van der Waals surface area (Å²) in [4.78, 5) is 10.8. The average molecular weight is 269 g/mol. The molecule has 2 rings (SSSR count). The van der Waals surface area contributed by atoms with Crippen LogP contribution in [0.15, 0.2) is 33.4 Å². The van der Waals surface area contributed by atoms with Crippen molar-refractivity contribution in [2.24, 2.45) is 0 Å². The van der Waals surface area contributed by atoms with E-state index in [-0.39, 0.29) is 11.4 Å². The molecule has 1 aromatic carbocycles. The van der Waals surface area contributed by atoms with E-state index < -0.39 is 5.97 Å². The zero-order chi connectivity index (χ0) is 10.8.